The minimum absolute atomic E-state index is 0.108. The van der Waals surface area contributed by atoms with E-state index in [0.717, 1.165) is 38.8 Å². The van der Waals surface area contributed by atoms with Gasteiger partial charge in [0.05, 0.1) is 22.8 Å². The first kappa shape index (κ1) is 37.8. The summed E-state index contributed by atoms with van der Waals surface area (Å²) < 4.78 is 31.0. The zero-order chi connectivity index (χ0) is 37.2. The van der Waals surface area contributed by atoms with Crippen LogP contribution in [0.2, 0.25) is 0 Å². The summed E-state index contributed by atoms with van der Waals surface area (Å²) in [6, 6.07) is 0.208. The normalized spacial score (nSPS) is 46.7. The van der Waals surface area contributed by atoms with E-state index >= 15 is 0 Å². The number of carboxylic acid groups (broad SMARTS) is 1. The molecule has 2 saturated heterocycles. The minimum Gasteiger partial charge on any atom is -0.481 e. The topological polar surface area (TPSA) is 113 Å². The first-order valence-electron chi connectivity index (χ1n) is 20.4. The highest BCUT2D eigenvalue weighted by Crippen LogP contribution is 2.76. The van der Waals surface area contributed by atoms with Gasteiger partial charge >= 0.3 is 11.9 Å². The smallest absolute Gasteiger partial charge is 0.309 e. The van der Waals surface area contributed by atoms with Gasteiger partial charge < -0.3 is 15.2 Å². The molecule has 8 nitrogen and oxygen atoms in total. The number of fused-ring (bicyclic) bond motifs is 9. The minimum atomic E-state index is -2.88. The monoisotopic (exact) mass is 728 g/mol. The summed E-state index contributed by atoms with van der Waals surface area (Å²) in [5.74, 6) is 1.79. The van der Waals surface area contributed by atoms with Gasteiger partial charge in [-0.25, -0.2) is 8.42 Å². The molecule has 2 aliphatic heterocycles. The van der Waals surface area contributed by atoms with Crippen LogP contribution in [0.1, 0.15) is 132 Å². The number of carbonyl (C=O) groups is 2. The van der Waals surface area contributed by atoms with E-state index in [4.69, 9.17) is 4.74 Å². The van der Waals surface area contributed by atoms with Crippen molar-refractivity contribution in [2.45, 2.75) is 155 Å². The molecule has 0 amide bonds. The van der Waals surface area contributed by atoms with E-state index < -0.39 is 21.2 Å². The molecule has 0 aromatic heterocycles. The molecule has 2 N–H and O–H groups in total. The van der Waals surface area contributed by atoms with Gasteiger partial charge in [0.1, 0.15) is 6.10 Å². The number of allylic oxidation sites excluding steroid dienone is 1. The van der Waals surface area contributed by atoms with E-state index in [-0.39, 0.29) is 57.0 Å². The van der Waals surface area contributed by atoms with Crippen molar-refractivity contribution in [3.8, 4) is 0 Å². The lowest BCUT2D eigenvalue weighted by Crippen LogP contribution is -2.69. The number of rotatable bonds is 9. The van der Waals surface area contributed by atoms with E-state index in [1.54, 1.807) is 13.8 Å². The number of esters is 1. The molecule has 9 heteroatoms. The first-order chi connectivity index (χ1) is 23.6. The number of carbonyl (C=O) groups excluding carboxylic acids is 1. The number of aliphatic carboxylic acids is 1. The fourth-order valence-corrected chi connectivity index (χ4v) is 16.9. The molecule has 288 valence electrons. The molecule has 0 spiro atoms. The standard InChI is InChI=1S/C42H68N2O6S/c1-26(2)29-12-17-42(43-20-21-44-24-28-22-27(44)25-51(28,48)49)19-18-40(8)30(35(29)42)10-11-32-39(7)15-14-33(50-34(45)23-37(3,4)36(46)47)38(5,6)31(39)13-16-41(32,40)9/h27-33,35,43H,1,10-25H2,2-9H3,(H,46,47). The van der Waals surface area contributed by atoms with Crippen LogP contribution >= 0.6 is 0 Å². The molecule has 5 saturated carbocycles. The van der Waals surface area contributed by atoms with Crippen LogP contribution in [0.15, 0.2) is 12.2 Å². The largest absolute Gasteiger partial charge is 0.481 e. The van der Waals surface area contributed by atoms with Gasteiger partial charge in [-0.3, -0.25) is 14.5 Å². The fraction of sp³-hybridized carbons (Fsp3) is 0.905. The first-order valence-corrected chi connectivity index (χ1v) is 22.1. The Morgan fingerprint density at radius 3 is 2.29 bits per heavy atom. The molecule has 12 unspecified atom stereocenters. The van der Waals surface area contributed by atoms with Crippen LogP contribution in [0.5, 0.6) is 0 Å². The summed E-state index contributed by atoms with van der Waals surface area (Å²) in [5.41, 5.74) is 0.765. The average molecular weight is 729 g/mol. The van der Waals surface area contributed by atoms with Gasteiger partial charge in [0.15, 0.2) is 9.84 Å². The highest BCUT2D eigenvalue weighted by molar-refractivity contribution is 7.92. The van der Waals surface area contributed by atoms with Gasteiger partial charge in [-0.05, 0) is 137 Å². The van der Waals surface area contributed by atoms with Gasteiger partial charge in [-0.2, -0.15) is 0 Å². The fourth-order valence-electron chi connectivity index (χ4n) is 14.8. The molecule has 5 aliphatic carbocycles. The summed E-state index contributed by atoms with van der Waals surface area (Å²) in [5, 5.41) is 13.7. The lowest BCUT2D eigenvalue weighted by Gasteiger charge is -2.73. The molecule has 7 aliphatic rings. The van der Waals surface area contributed by atoms with Gasteiger partial charge in [-0.15, -0.1) is 0 Å². The second-order valence-electron chi connectivity index (χ2n) is 20.8. The number of hydrogen-bond acceptors (Lipinski definition) is 7. The third kappa shape index (κ3) is 5.64. The molecule has 0 aromatic carbocycles. The Balaban J connectivity index is 1.09. The van der Waals surface area contributed by atoms with Crippen molar-refractivity contribution < 1.29 is 27.9 Å². The Morgan fingerprint density at radius 1 is 0.941 bits per heavy atom. The van der Waals surface area contributed by atoms with Crippen molar-refractivity contribution in [1.82, 2.24) is 10.2 Å². The van der Waals surface area contributed by atoms with Crippen LogP contribution in [0.25, 0.3) is 0 Å². The molecule has 0 radical (unpaired) electrons. The van der Waals surface area contributed by atoms with Crippen LogP contribution < -0.4 is 5.32 Å². The maximum absolute atomic E-state index is 13.1. The maximum atomic E-state index is 13.1. The number of nitrogens with one attached hydrogen (secondary N) is 1. The summed E-state index contributed by atoms with van der Waals surface area (Å²) in [6.45, 7) is 25.2. The molecule has 2 bridgehead atoms. The number of sulfone groups is 1. The molecule has 7 rings (SSSR count). The molecular formula is C42H68N2O6S. The lowest BCUT2D eigenvalue weighted by atomic mass is 9.32. The van der Waals surface area contributed by atoms with Crippen LogP contribution in [0.3, 0.4) is 0 Å². The van der Waals surface area contributed by atoms with Crippen molar-refractivity contribution >= 4 is 21.8 Å². The molecule has 7 fully saturated rings. The molecular weight excluding hydrogens is 661 g/mol. The number of nitrogens with zero attached hydrogens (tertiary/aromatic N) is 1. The van der Waals surface area contributed by atoms with Crippen molar-refractivity contribution in [1.29, 1.82) is 0 Å². The summed E-state index contributed by atoms with van der Waals surface area (Å²) in [7, 11) is -2.88. The predicted molar refractivity (Wildman–Crippen MR) is 201 cm³/mol. The van der Waals surface area contributed by atoms with Crippen molar-refractivity contribution in [3.63, 3.8) is 0 Å². The molecule has 51 heavy (non-hydrogen) atoms. The van der Waals surface area contributed by atoms with E-state index in [0.29, 0.717) is 41.9 Å². The van der Waals surface area contributed by atoms with Crippen molar-refractivity contribution in [2.75, 3.05) is 25.4 Å². The summed E-state index contributed by atoms with van der Waals surface area (Å²) in [6.07, 6.45) is 12.1. The van der Waals surface area contributed by atoms with E-state index in [1.165, 1.54) is 50.5 Å². The van der Waals surface area contributed by atoms with Gasteiger partial charge in [0, 0.05) is 36.6 Å². The SMILES string of the molecule is C=C(C)C1CCC2(NCCN3CC4CC3CS4(=O)=O)CCC3(C)C(CCC4C5(C)CCC(OC(=O)CC(C)(C)C(=O)O)C(C)(C)C5CCC43C)C12. The Bertz CT molecular complexity index is 1560. The molecule has 2 heterocycles. The van der Waals surface area contributed by atoms with Crippen LogP contribution in [0.4, 0.5) is 0 Å². The third-order valence-electron chi connectivity index (χ3n) is 17.7. The van der Waals surface area contributed by atoms with Gasteiger partial charge in [0.2, 0.25) is 0 Å². The number of likely N-dealkylation sites (tertiary alicyclic amines) is 1. The van der Waals surface area contributed by atoms with Crippen molar-refractivity contribution in [3.05, 3.63) is 12.2 Å². The van der Waals surface area contributed by atoms with Crippen LogP contribution in [-0.4, -0.2) is 78.7 Å². The second-order valence-corrected chi connectivity index (χ2v) is 23.1. The number of ether oxygens (including phenoxy) is 1. The van der Waals surface area contributed by atoms with Gasteiger partial charge in [0.25, 0.3) is 0 Å². The van der Waals surface area contributed by atoms with Crippen LogP contribution in [0, 0.1) is 56.7 Å². The summed E-state index contributed by atoms with van der Waals surface area (Å²) >= 11 is 0. The van der Waals surface area contributed by atoms with Crippen molar-refractivity contribution in [2.24, 2.45) is 56.7 Å². The zero-order valence-electron chi connectivity index (χ0n) is 33.0. The average Bonchev–Trinajstić information content (AvgIpc) is 3.69. The zero-order valence-corrected chi connectivity index (χ0v) is 33.8. The van der Waals surface area contributed by atoms with E-state index in [9.17, 15) is 23.1 Å². The van der Waals surface area contributed by atoms with Gasteiger partial charge in [-0.1, -0.05) is 46.8 Å². The lowest BCUT2D eigenvalue weighted by molar-refractivity contribution is -0.246. The highest BCUT2D eigenvalue weighted by atomic mass is 32.2. The predicted octanol–water partition coefficient (Wildman–Crippen LogP) is 7.27. The molecule has 0 aromatic rings. The number of carboxylic acids is 1. The van der Waals surface area contributed by atoms with E-state index in [1.807, 2.05) is 0 Å². The third-order valence-corrected chi connectivity index (χ3v) is 19.9. The second kappa shape index (κ2) is 12.3. The Hall–Kier alpha value is -1.45. The maximum Gasteiger partial charge on any atom is 0.309 e. The van der Waals surface area contributed by atoms with Crippen LogP contribution in [-0.2, 0) is 24.2 Å². The molecule has 12 atom stereocenters. The Kier molecular flexibility index (Phi) is 9.11. The highest BCUT2D eigenvalue weighted by Gasteiger charge is 2.71. The Labute approximate surface area is 308 Å². The van der Waals surface area contributed by atoms with E-state index in [2.05, 4.69) is 58.3 Å². The Morgan fingerprint density at radius 2 is 1.67 bits per heavy atom. The quantitative estimate of drug-likeness (QED) is 0.188. The summed E-state index contributed by atoms with van der Waals surface area (Å²) in [4.78, 5) is 27.3. The number of hydrogen-bond donors (Lipinski definition) is 2.